The van der Waals surface area contributed by atoms with Crippen molar-refractivity contribution in [1.29, 1.82) is 0 Å². The number of aromatic nitrogens is 2. The molecule has 8 heteroatoms. The van der Waals surface area contributed by atoms with E-state index in [9.17, 15) is 4.79 Å². The molecule has 0 unspecified atom stereocenters. The molecule has 0 saturated heterocycles. The normalized spacial score (nSPS) is 10.4. The molecular formula is C19H13BrClN3O2S. The van der Waals surface area contributed by atoms with E-state index in [4.69, 9.17) is 5.11 Å². The SMILES string of the molecule is Cl.O=C(O)c1ccc(Nc2ncnc3scc(-c4ccc(Br)cc4)c23)cc1. The Morgan fingerprint density at radius 2 is 1.74 bits per heavy atom. The molecule has 2 aromatic heterocycles. The Morgan fingerprint density at radius 1 is 1.04 bits per heavy atom. The molecule has 0 atom stereocenters. The second kappa shape index (κ2) is 8.04. The van der Waals surface area contributed by atoms with Crippen LogP contribution >= 0.6 is 39.7 Å². The summed E-state index contributed by atoms with van der Waals surface area (Å²) in [5.74, 6) is -0.256. The molecule has 2 heterocycles. The molecule has 136 valence electrons. The Labute approximate surface area is 173 Å². The van der Waals surface area contributed by atoms with Crippen molar-refractivity contribution >= 4 is 67.4 Å². The number of carboxylic acids is 1. The summed E-state index contributed by atoms with van der Waals surface area (Å²) in [5, 5.41) is 15.3. The molecule has 0 aliphatic heterocycles. The highest BCUT2D eigenvalue weighted by Crippen LogP contribution is 2.37. The van der Waals surface area contributed by atoms with Crippen molar-refractivity contribution < 1.29 is 9.90 Å². The molecule has 0 radical (unpaired) electrons. The van der Waals surface area contributed by atoms with Gasteiger partial charge in [-0.25, -0.2) is 14.8 Å². The van der Waals surface area contributed by atoms with Crippen LogP contribution in [0.5, 0.6) is 0 Å². The van der Waals surface area contributed by atoms with Crippen molar-refractivity contribution in [3.8, 4) is 11.1 Å². The van der Waals surface area contributed by atoms with Gasteiger partial charge in [0.2, 0.25) is 0 Å². The van der Waals surface area contributed by atoms with E-state index in [1.165, 1.54) is 6.33 Å². The summed E-state index contributed by atoms with van der Waals surface area (Å²) in [6.45, 7) is 0. The second-order valence-electron chi connectivity index (χ2n) is 5.57. The first-order valence-corrected chi connectivity index (χ1v) is 9.37. The van der Waals surface area contributed by atoms with Crippen LogP contribution in [0.1, 0.15) is 10.4 Å². The first-order valence-electron chi connectivity index (χ1n) is 7.70. The number of carboxylic acid groups (broad SMARTS) is 1. The van der Waals surface area contributed by atoms with Gasteiger partial charge in [0.05, 0.1) is 10.9 Å². The standard InChI is InChI=1S/C19H12BrN3O2S.ClH/c20-13-5-1-11(2-6-13)15-9-26-18-16(15)17(21-10-22-18)23-14-7-3-12(4-8-14)19(24)25;/h1-10H,(H,24,25)(H,21,22,23);1H. The number of anilines is 2. The smallest absolute Gasteiger partial charge is 0.335 e. The Hall–Kier alpha value is -2.48. The fourth-order valence-corrected chi connectivity index (χ4v) is 3.82. The van der Waals surface area contributed by atoms with Crippen molar-refractivity contribution in [3.05, 3.63) is 70.3 Å². The number of nitrogens with one attached hydrogen (secondary N) is 1. The third-order valence-electron chi connectivity index (χ3n) is 3.92. The number of carbonyl (C=O) groups is 1. The monoisotopic (exact) mass is 461 g/mol. The number of benzene rings is 2. The molecule has 4 aromatic rings. The third-order valence-corrected chi connectivity index (χ3v) is 5.34. The van der Waals surface area contributed by atoms with E-state index in [2.05, 4.69) is 36.6 Å². The number of aromatic carboxylic acids is 1. The lowest BCUT2D eigenvalue weighted by atomic mass is 10.1. The molecule has 2 aromatic carbocycles. The van der Waals surface area contributed by atoms with Crippen LogP contribution in [0.25, 0.3) is 21.3 Å². The van der Waals surface area contributed by atoms with Crippen LogP contribution in [-0.2, 0) is 0 Å². The Kier molecular flexibility index (Phi) is 5.74. The molecule has 5 nitrogen and oxygen atoms in total. The topological polar surface area (TPSA) is 75.1 Å². The minimum absolute atomic E-state index is 0. The number of hydrogen-bond donors (Lipinski definition) is 2. The van der Waals surface area contributed by atoms with E-state index in [0.717, 1.165) is 31.5 Å². The molecule has 0 spiro atoms. The molecule has 0 bridgehead atoms. The van der Waals surface area contributed by atoms with Gasteiger partial charge < -0.3 is 10.4 Å². The highest BCUT2D eigenvalue weighted by Gasteiger charge is 2.13. The molecule has 0 aliphatic rings. The summed E-state index contributed by atoms with van der Waals surface area (Å²) in [6.07, 6.45) is 1.53. The molecule has 27 heavy (non-hydrogen) atoms. The minimum atomic E-state index is -0.948. The predicted octanol–water partition coefficient (Wildman–Crippen LogP) is 5.98. The van der Waals surface area contributed by atoms with Crippen molar-refractivity contribution in [2.75, 3.05) is 5.32 Å². The van der Waals surface area contributed by atoms with Gasteiger partial charge in [-0.15, -0.1) is 23.7 Å². The van der Waals surface area contributed by atoms with Crippen LogP contribution in [0.3, 0.4) is 0 Å². The summed E-state index contributed by atoms with van der Waals surface area (Å²) < 4.78 is 1.02. The van der Waals surface area contributed by atoms with E-state index in [0.29, 0.717) is 5.82 Å². The zero-order valence-corrected chi connectivity index (χ0v) is 16.9. The zero-order valence-electron chi connectivity index (χ0n) is 13.7. The highest BCUT2D eigenvalue weighted by molar-refractivity contribution is 9.10. The Balaban J connectivity index is 0.00000210. The van der Waals surface area contributed by atoms with Gasteiger partial charge in [-0.2, -0.15) is 0 Å². The third kappa shape index (κ3) is 3.95. The van der Waals surface area contributed by atoms with Gasteiger partial charge in [-0.05, 0) is 42.0 Å². The van der Waals surface area contributed by atoms with Crippen molar-refractivity contribution in [3.63, 3.8) is 0 Å². The maximum absolute atomic E-state index is 11.0. The van der Waals surface area contributed by atoms with Crippen molar-refractivity contribution in [2.45, 2.75) is 0 Å². The summed E-state index contributed by atoms with van der Waals surface area (Å²) in [5.41, 5.74) is 3.15. The van der Waals surface area contributed by atoms with Gasteiger partial charge >= 0.3 is 5.97 Å². The average molecular weight is 463 g/mol. The fraction of sp³-hybridized carbons (Fsp3) is 0. The lowest BCUT2D eigenvalue weighted by Gasteiger charge is -2.09. The number of nitrogens with zero attached hydrogens (tertiary/aromatic N) is 2. The first kappa shape index (κ1) is 19.3. The molecule has 2 N–H and O–H groups in total. The van der Waals surface area contributed by atoms with Crippen LogP contribution in [0.2, 0.25) is 0 Å². The average Bonchev–Trinajstić information content (AvgIpc) is 3.08. The summed E-state index contributed by atoms with van der Waals surface area (Å²) in [7, 11) is 0. The number of hydrogen-bond acceptors (Lipinski definition) is 5. The largest absolute Gasteiger partial charge is 0.478 e. The fourth-order valence-electron chi connectivity index (χ4n) is 2.64. The van der Waals surface area contributed by atoms with E-state index >= 15 is 0 Å². The number of fused-ring (bicyclic) bond motifs is 1. The Morgan fingerprint density at radius 3 is 2.41 bits per heavy atom. The van der Waals surface area contributed by atoms with Gasteiger partial charge in [-0.3, -0.25) is 0 Å². The van der Waals surface area contributed by atoms with E-state index < -0.39 is 5.97 Å². The van der Waals surface area contributed by atoms with Crippen LogP contribution in [0, 0.1) is 0 Å². The lowest BCUT2D eigenvalue weighted by Crippen LogP contribution is -1.98. The van der Waals surface area contributed by atoms with Gasteiger partial charge in [0, 0.05) is 21.1 Å². The molecule has 4 rings (SSSR count). The summed E-state index contributed by atoms with van der Waals surface area (Å²) in [4.78, 5) is 20.6. The number of halogens is 2. The lowest BCUT2D eigenvalue weighted by molar-refractivity contribution is 0.0697. The molecular weight excluding hydrogens is 450 g/mol. The van der Waals surface area contributed by atoms with E-state index in [-0.39, 0.29) is 18.0 Å². The number of rotatable bonds is 4. The van der Waals surface area contributed by atoms with E-state index in [1.807, 2.05) is 24.3 Å². The maximum Gasteiger partial charge on any atom is 0.335 e. The highest BCUT2D eigenvalue weighted by atomic mass is 79.9. The van der Waals surface area contributed by atoms with Gasteiger partial charge in [0.15, 0.2) is 0 Å². The predicted molar refractivity (Wildman–Crippen MR) is 114 cm³/mol. The van der Waals surface area contributed by atoms with Gasteiger partial charge in [-0.1, -0.05) is 28.1 Å². The molecule has 0 fully saturated rings. The van der Waals surface area contributed by atoms with E-state index in [1.54, 1.807) is 35.6 Å². The summed E-state index contributed by atoms with van der Waals surface area (Å²) >= 11 is 5.02. The maximum atomic E-state index is 11.0. The molecule has 0 saturated carbocycles. The molecule has 0 aliphatic carbocycles. The van der Waals surface area contributed by atoms with Crippen LogP contribution in [-0.4, -0.2) is 21.0 Å². The van der Waals surface area contributed by atoms with Crippen molar-refractivity contribution in [2.24, 2.45) is 0 Å². The summed E-state index contributed by atoms with van der Waals surface area (Å²) in [6, 6.07) is 14.7. The Bertz CT molecular complexity index is 1100. The van der Waals surface area contributed by atoms with Crippen LogP contribution < -0.4 is 5.32 Å². The van der Waals surface area contributed by atoms with Crippen molar-refractivity contribution in [1.82, 2.24) is 9.97 Å². The quantitative estimate of drug-likeness (QED) is 0.390. The van der Waals surface area contributed by atoms with Crippen LogP contribution in [0.4, 0.5) is 11.5 Å². The number of thiophene rings is 1. The zero-order chi connectivity index (χ0) is 18.1. The van der Waals surface area contributed by atoms with Gasteiger partial charge in [0.25, 0.3) is 0 Å². The minimum Gasteiger partial charge on any atom is -0.478 e. The second-order valence-corrected chi connectivity index (χ2v) is 7.34. The van der Waals surface area contributed by atoms with Gasteiger partial charge in [0.1, 0.15) is 17.0 Å². The molecule has 0 amide bonds. The van der Waals surface area contributed by atoms with Crippen LogP contribution in [0.15, 0.2) is 64.7 Å². The first-order chi connectivity index (χ1) is 12.6.